The first-order valence-electron chi connectivity index (χ1n) is 5.89. The van der Waals surface area contributed by atoms with Gasteiger partial charge < -0.3 is 10.6 Å². The molecule has 1 fully saturated rings. The van der Waals surface area contributed by atoms with E-state index >= 15 is 0 Å². The van der Waals surface area contributed by atoms with E-state index in [9.17, 15) is 0 Å². The lowest BCUT2D eigenvalue weighted by molar-refractivity contribution is 0.589. The molecule has 0 aromatic carbocycles. The minimum atomic E-state index is 0.412. The van der Waals surface area contributed by atoms with E-state index in [0.29, 0.717) is 11.5 Å². The standard InChI is InChI=1S/C12H20N4S/c1-8-7-17-10(15-8)6-14-11(13-4)16-9-5-12(9,2)3/h7,9H,5-6H2,1-4H3,(H2,13,14,16). The predicted octanol–water partition coefficient (Wildman–Crippen LogP) is 1.92. The monoisotopic (exact) mass is 252 g/mol. The lowest BCUT2D eigenvalue weighted by Gasteiger charge is -2.12. The number of aryl methyl sites for hydroxylation is 1. The first-order valence-corrected chi connectivity index (χ1v) is 6.77. The molecular formula is C12H20N4S. The molecule has 17 heavy (non-hydrogen) atoms. The molecule has 4 nitrogen and oxygen atoms in total. The summed E-state index contributed by atoms with van der Waals surface area (Å²) in [7, 11) is 1.80. The summed E-state index contributed by atoms with van der Waals surface area (Å²) in [6.07, 6.45) is 1.21. The van der Waals surface area contributed by atoms with Gasteiger partial charge >= 0.3 is 0 Å². The number of nitrogens with one attached hydrogen (secondary N) is 2. The van der Waals surface area contributed by atoms with Gasteiger partial charge in [0.15, 0.2) is 5.96 Å². The van der Waals surface area contributed by atoms with Crippen LogP contribution in [0.1, 0.15) is 31.0 Å². The topological polar surface area (TPSA) is 49.3 Å². The number of aliphatic imine (C=N–C) groups is 1. The number of hydrogen-bond acceptors (Lipinski definition) is 3. The van der Waals surface area contributed by atoms with Gasteiger partial charge in [-0.2, -0.15) is 0 Å². The van der Waals surface area contributed by atoms with Crippen LogP contribution in [0.5, 0.6) is 0 Å². The van der Waals surface area contributed by atoms with Crippen LogP contribution in [0.25, 0.3) is 0 Å². The Morgan fingerprint density at radius 3 is 2.82 bits per heavy atom. The van der Waals surface area contributed by atoms with E-state index in [1.807, 2.05) is 6.92 Å². The molecule has 1 aromatic heterocycles. The quantitative estimate of drug-likeness (QED) is 0.638. The third-order valence-corrected chi connectivity index (χ3v) is 4.09. The molecule has 0 amide bonds. The molecule has 5 heteroatoms. The lowest BCUT2D eigenvalue weighted by Crippen LogP contribution is -2.39. The minimum Gasteiger partial charge on any atom is -0.353 e. The fourth-order valence-corrected chi connectivity index (χ4v) is 2.43. The summed E-state index contributed by atoms with van der Waals surface area (Å²) in [5.74, 6) is 0.869. The highest BCUT2D eigenvalue weighted by molar-refractivity contribution is 7.09. The van der Waals surface area contributed by atoms with Gasteiger partial charge in [-0.15, -0.1) is 11.3 Å². The Labute approximate surface area is 107 Å². The summed E-state index contributed by atoms with van der Waals surface area (Å²) in [6, 6.07) is 0.548. The predicted molar refractivity (Wildman–Crippen MR) is 72.4 cm³/mol. The van der Waals surface area contributed by atoms with Crippen LogP contribution in [0.15, 0.2) is 10.4 Å². The van der Waals surface area contributed by atoms with Crippen molar-refractivity contribution < 1.29 is 0 Å². The number of nitrogens with zero attached hydrogens (tertiary/aromatic N) is 2. The average Bonchev–Trinajstić information content (AvgIpc) is 2.68. The number of thiazole rings is 1. The summed E-state index contributed by atoms with van der Waals surface area (Å²) in [5.41, 5.74) is 1.49. The molecule has 1 aliphatic rings. The third kappa shape index (κ3) is 3.19. The highest BCUT2D eigenvalue weighted by Crippen LogP contribution is 2.44. The Hall–Kier alpha value is -1.10. The molecule has 94 valence electrons. The summed E-state index contributed by atoms with van der Waals surface area (Å²) in [6.45, 7) is 7.29. The molecule has 0 spiro atoms. The molecule has 1 atom stereocenters. The zero-order chi connectivity index (χ0) is 12.5. The Morgan fingerprint density at radius 1 is 1.65 bits per heavy atom. The third-order valence-electron chi connectivity index (χ3n) is 3.12. The SMILES string of the molecule is CN=C(NCc1nc(C)cs1)NC1CC1(C)C. The van der Waals surface area contributed by atoms with Crippen LogP contribution in [0.3, 0.4) is 0 Å². The van der Waals surface area contributed by atoms with Crippen molar-refractivity contribution in [2.45, 2.75) is 39.8 Å². The molecule has 1 aliphatic carbocycles. The van der Waals surface area contributed by atoms with Crippen LogP contribution in [0, 0.1) is 12.3 Å². The maximum absolute atomic E-state index is 4.41. The summed E-state index contributed by atoms with van der Waals surface area (Å²) in [4.78, 5) is 8.64. The van der Waals surface area contributed by atoms with E-state index in [2.05, 4.69) is 39.8 Å². The minimum absolute atomic E-state index is 0.412. The molecule has 2 N–H and O–H groups in total. The van der Waals surface area contributed by atoms with Crippen molar-refractivity contribution in [2.75, 3.05) is 7.05 Å². The highest BCUT2D eigenvalue weighted by atomic mass is 32.1. The maximum atomic E-state index is 4.41. The first kappa shape index (κ1) is 12.4. The van der Waals surface area contributed by atoms with Crippen molar-refractivity contribution >= 4 is 17.3 Å². The molecule has 1 unspecified atom stereocenters. The molecule has 0 bridgehead atoms. The van der Waals surface area contributed by atoms with Crippen LogP contribution in [0.4, 0.5) is 0 Å². The van der Waals surface area contributed by atoms with Crippen molar-refractivity contribution in [2.24, 2.45) is 10.4 Å². The molecule has 2 rings (SSSR count). The van der Waals surface area contributed by atoms with Gasteiger partial charge in [0, 0.05) is 24.2 Å². The fourth-order valence-electron chi connectivity index (χ4n) is 1.72. The van der Waals surface area contributed by atoms with Crippen LogP contribution in [-0.2, 0) is 6.54 Å². The van der Waals surface area contributed by atoms with E-state index in [1.54, 1.807) is 18.4 Å². The number of rotatable bonds is 3. The second-order valence-corrected chi connectivity index (χ2v) is 6.14. The van der Waals surface area contributed by atoms with E-state index in [-0.39, 0.29) is 0 Å². The number of hydrogen-bond donors (Lipinski definition) is 2. The van der Waals surface area contributed by atoms with Crippen LogP contribution in [-0.4, -0.2) is 24.0 Å². The normalized spacial score (nSPS) is 22.4. The Bertz CT molecular complexity index is 422. The first-order chi connectivity index (χ1) is 8.01. The maximum Gasteiger partial charge on any atom is 0.191 e. The molecule has 1 saturated carbocycles. The van der Waals surface area contributed by atoms with Crippen molar-refractivity contribution in [1.29, 1.82) is 0 Å². The summed E-state index contributed by atoms with van der Waals surface area (Å²) >= 11 is 1.68. The molecule has 1 aromatic rings. The number of aromatic nitrogens is 1. The van der Waals surface area contributed by atoms with E-state index < -0.39 is 0 Å². The zero-order valence-corrected chi connectivity index (χ0v) is 11.7. The highest BCUT2D eigenvalue weighted by Gasteiger charge is 2.46. The van der Waals surface area contributed by atoms with E-state index in [1.165, 1.54) is 6.42 Å². The van der Waals surface area contributed by atoms with Crippen LogP contribution < -0.4 is 10.6 Å². The largest absolute Gasteiger partial charge is 0.353 e. The molecule has 0 saturated heterocycles. The summed E-state index contributed by atoms with van der Waals surface area (Å²) < 4.78 is 0. The molecule has 1 heterocycles. The Morgan fingerprint density at radius 2 is 2.35 bits per heavy atom. The Balaban J connectivity index is 1.81. The van der Waals surface area contributed by atoms with E-state index in [4.69, 9.17) is 0 Å². The van der Waals surface area contributed by atoms with E-state index in [0.717, 1.165) is 23.2 Å². The van der Waals surface area contributed by atoms with Crippen molar-refractivity contribution in [3.63, 3.8) is 0 Å². The molecular weight excluding hydrogens is 232 g/mol. The lowest BCUT2D eigenvalue weighted by atomic mass is 10.2. The number of guanidine groups is 1. The van der Waals surface area contributed by atoms with Crippen LogP contribution >= 0.6 is 11.3 Å². The average molecular weight is 252 g/mol. The van der Waals surface area contributed by atoms with Crippen molar-refractivity contribution in [3.8, 4) is 0 Å². The fraction of sp³-hybridized carbons (Fsp3) is 0.667. The zero-order valence-electron chi connectivity index (χ0n) is 10.9. The van der Waals surface area contributed by atoms with Crippen molar-refractivity contribution in [3.05, 3.63) is 16.1 Å². The van der Waals surface area contributed by atoms with Gasteiger partial charge in [-0.25, -0.2) is 4.98 Å². The van der Waals surface area contributed by atoms with Gasteiger partial charge in [-0.05, 0) is 18.8 Å². The second-order valence-electron chi connectivity index (χ2n) is 5.20. The smallest absolute Gasteiger partial charge is 0.191 e. The van der Waals surface area contributed by atoms with Crippen LogP contribution in [0.2, 0.25) is 0 Å². The van der Waals surface area contributed by atoms with Gasteiger partial charge in [0.25, 0.3) is 0 Å². The van der Waals surface area contributed by atoms with Gasteiger partial charge in [0.2, 0.25) is 0 Å². The van der Waals surface area contributed by atoms with Gasteiger partial charge in [0.1, 0.15) is 5.01 Å². The van der Waals surface area contributed by atoms with Crippen molar-refractivity contribution in [1.82, 2.24) is 15.6 Å². The second kappa shape index (κ2) is 4.64. The van der Waals surface area contributed by atoms with Gasteiger partial charge in [-0.1, -0.05) is 13.8 Å². The van der Waals surface area contributed by atoms with Gasteiger partial charge in [-0.3, -0.25) is 4.99 Å². The van der Waals surface area contributed by atoms with Gasteiger partial charge in [0.05, 0.1) is 6.54 Å². The molecule has 0 radical (unpaired) electrons. The molecule has 0 aliphatic heterocycles. The summed E-state index contributed by atoms with van der Waals surface area (Å²) in [5, 5.41) is 9.88. The Kier molecular flexibility index (Phi) is 3.38.